The number of rotatable bonds is 2. The summed E-state index contributed by atoms with van der Waals surface area (Å²) in [5.74, 6) is -5.41. The maximum Gasteiger partial charge on any atom is 0.307 e. The molecule has 0 radical (unpaired) electrons. The van der Waals surface area contributed by atoms with Crippen molar-refractivity contribution in [3.05, 3.63) is 0 Å². The molecule has 2 saturated carbocycles. The highest BCUT2D eigenvalue weighted by molar-refractivity contribution is 5.72. The minimum absolute atomic E-state index is 0.373. The van der Waals surface area contributed by atoms with Crippen molar-refractivity contribution in [1.82, 2.24) is 0 Å². The molecule has 0 spiro atoms. The average molecular weight is 204 g/mol. The van der Waals surface area contributed by atoms with Crippen LogP contribution in [0.1, 0.15) is 32.6 Å². The summed E-state index contributed by atoms with van der Waals surface area (Å²) in [6.45, 7) is 1.42. The maximum atomic E-state index is 13.5. The van der Waals surface area contributed by atoms with Gasteiger partial charge in [0.25, 0.3) is 5.92 Å². The first-order valence-electron chi connectivity index (χ1n) is 5.05. The number of carboxylic acids is 1. The highest BCUT2D eigenvalue weighted by Crippen LogP contribution is 2.75. The SMILES string of the molecule is CC(C(=O)O)C12CCCCC1C2(F)F. The molecule has 2 aliphatic carbocycles. The topological polar surface area (TPSA) is 37.3 Å². The van der Waals surface area contributed by atoms with Gasteiger partial charge in [-0.2, -0.15) is 0 Å². The van der Waals surface area contributed by atoms with Crippen molar-refractivity contribution < 1.29 is 18.7 Å². The molecule has 2 nitrogen and oxygen atoms in total. The van der Waals surface area contributed by atoms with Gasteiger partial charge in [-0.1, -0.05) is 19.8 Å². The van der Waals surface area contributed by atoms with Crippen LogP contribution in [0.3, 0.4) is 0 Å². The largest absolute Gasteiger partial charge is 0.481 e. The van der Waals surface area contributed by atoms with Gasteiger partial charge in [0.1, 0.15) is 0 Å². The van der Waals surface area contributed by atoms with Gasteiger partial charge in [0.15, 0.2) is 0 Å². The fourth-order valence-electron chi connectivity index (χ4n) is 3.13. The molecule has 0 aliphatic heterocycles. The molecule has 1 N–H and O–H groups in total. The van der Waals surface area contributed by atoms with Crippen LogP contribution in [0.15, 0.2) is 0 Å². The van der Waals surface area contributed by atoms with E-state index in [1.165, 1.54) is 6.92 Å². The minimum Gasteiger partial charge on any atom is -0.481 e. The van der Waals surface area contributed by atoms with E-state index in [1.54, 1.807) is 0 Å². The fourth-order valence-corrected chi connectivity index (χ4v) is 3.13. The van der Waals surface area contributed by atoms with E-state index < -0.39 is 29.1 Å². The predicted molar refractivity (Wildman–Crippen MR) is 46.1 cm³/mol. The number of aliphatic carboxylic acids is 1. The summed E-state index contributed by atoms with van der Waals surface area (Å²) < 4.78 is 27.0. The van der Waals surface area contributed by atoms with Crippen LogP contribution in [0.2, 0.25) is 0 Å². The summed E-state index contributed by atoms with van der Waals surface area (Å²) in [5, 5.41) is 8.83. The van der Waals surface area contributed by atoms with Gasteiger partial charge in [0.2, 0.25) is 0 Å². The van der Waals surface area contributed by atoms with E-state index in [0.717, 1.165) is 12.8 Å². The quantitative estimate of drug-likeness (QED) is 0.750. The molecule has 4 heteroatoms. The summed E-state index contributed by atoms with van der Waals surface area (Å²) in [7, 11) is 0. The molecule has 0 aromatic carbocycles. The second-order valence-electron chi connectivity index (χ2n) is 4.52. The van der Waals surface area contributed by atoms with Crippen molar-refractivity contribution in [2.45, 2.75) is 38.5 Å². The molecule has 80 valence electrons. The first-order valence-corrected chi connectivity index (χ1v) is 5.05. The molecular weight excluding hydrogens is 190 g/mol. The van der Waals surface area contributed by atoms with Crippen LogP contribution in [0.5, 0.6) is 0 Å². The summed E-state index contributed by atoms with van der Waals surface area (Å²) in [6.07, 6.45) is 2.42. The standard InChI is InChI=1S/C10H14F2O2/c1-6(8(13)14)9-5-3-2-4-7(9)10(9,11)12/h6-7H,2-5H2,1H3,(H,13,14). The minimum atomic E-state index is -2.73. The molecule has 0 bridgehead atoms. The monoisotopic (exact) mass is 204 g/mol. The number of hydrogen-bond acceptors (Lipinski definition) is 1. The van der Waals surface area contributed by atoms with E-state index in [0.29, 0.717) is 12.8 Å². The van der Waals surface area contributed by atoms with Crippen LogP contribution in [-0.4, -0.2) is 17.0 Å². The Kier molecular flexibility index (Phi) is 1.88. The molecule has 14 heavy (non-hydrogen) atoms. The Bertz CT molecular complexity index is 277. The van der Waals surface area contributed by atoms with Crippen LogP contribution in [0, 0.1) is 17.3 Å². The van der Waals surface area contributed by atoms with Crippen LogP contribution < -0.4 is 0 Å². The van der Waals surface area contributed by atoms with E-state index in [9.17, 15) is 13.6 Å². The number of carbonyl (C=O) groups is 1. The van der Waals surface area contributed by atoms with Crippen LogP contribution in [-0.2, 0) is 4.79 Å². The lowest BCUT2D eigenvalue weighted by molar-refractivity contribution is -0.146. The summed E-state index contributed by atoms with van der Waals surface area (Å²) in [5.41, 5.74) is -1.21. The summed E-state index contributed by atoms with van der Waals surface area (Å²) in [6, 6.07) is 0. The molecule has 3 atom stereocenters. The maximum absolute atomic E-state index is 13.5. The fraction of sp³-hybridized carbons (Fsp3) is 0.900. The predicted octanol–water partition coefficient (Wildman–Crippen LogP) is 2.53. The molecular formula is C10H14F2O2. The molecule has 0 amide bonds. The van der Waals surface area contributed by atoms with Crippen LogP contribution in [0.4, 0.5) is 8.78 Å². The first kappa shape index (κ1) is 9.87. The van der Waals surface area contributed by atoms with Crippen LogP contribution in [0.25, 0.3) is 0 Å². The molecule has 0 aromatic heterocycles. The molecule has 2 rings (SSSR count). The van der Waals surface area contributed by atoms with Gasteiger partial charge in [-0.25, -0.2) is 8.78 Å². The van der Waals surface area contributed by atoms with E-state index in [-0.39, 0.29) is 0 Å². The van der Waals surface area contributed by atoms with Gasteiger partial charge < -0.3 is 5.11 Å². The Morgan fingerprint density at radius 2 is 2.14 bits per heavy atom. The lowest BCUT2D eigenvalue weighted by atomic mass is 9.79. The van der Waals surface area contributed by atoms with Crippen molar-refractivity contribution in [2.24, 2.45) is 17.3 Å². The average Bonchev–Trinajstić information content (AvgIpc) is 2.65. The van der Waals surface area contributed by atoms with Crippen molar-refractivity contribution in [3.63, 3.8) is 0 Å². The molecule has 2 aliphatic rings. The van der Waals surface area contributed by atoms with Gasteiger partial charge in [-0.05, 0) is 12.8 Å². The van der Waals surface area contributed by atoms with Crippen molar-refractivity contribution >= 4 is 5.97 Å². The van der Waals surface area contributed by atoms with E-state index in [4.69, 9.17) is 5.11 Å². The van der Waals surface area contributed by atoms with Crippen molar-refractivity contribution in [3.8, 4) is 0 Å². The lowest BCUT2D eigenvalue weighted by Crippen LogP contribution is -2.28. The number of fused-ring (bicyclic) bond motifs is 1. The highest BCUT2D eigenvalue weighted by atomic mass is 19.3. The van der Waals surface area contributed by atoms with Crippen molar-refractivity contribution in [2.75, 3.05) is 0 Å². The zero-order valence-corrected chi connectivity index (χ0v) is 8.09. The summed E-state index contributed by atoms with van der Waals surface area (Å²) in [4.78, 5) is 10.8. The summed E-state index contributed by atoms with van der Waals surface area (Å²) >= 11 is 0. The van der Waals surface area contributed by atoms with Gasteiger partial charge in [-0.3, -0.25) is 4.79 Å². The smallest absolute Gasteiger partial charge is 0.307 e. The Hall–Kier alpha value is -0.670. The van der Waals surface area contributed by atoms with Gasteiger partial charge in [-0.15, -0.1) is 0 Å². The number of halogens is 2. The third-order valence-corrected chi connectivity index (χ3v) is 4.07. The van der Waals surface area contributed by atoms with Gasteiger partial charge in [0, 0.05) is 5.92 Å². The molecule has 0 saturated heterocycles. The van der Waals surface area contributed by atoms with Gasteiger partial charge in [0.05, 0.1) is 11.3 Å². The van der Waals surface area contributed by atoms with E-state index in [1.807, 2.05) is 0 Å². The molecule has 2 fully saturated rings. The molecule has 3 unspecified atom stereocenters. The van der Waals surface area contributed by atoms with Crippen molar-refractivity contribution in [1.29, 1.82) is 0 Å². The Labute approximate surface area is 81.3 Å². The van der Waals surface area contributed by atoms with Gasteiger partial charge >= 0.3 is 5.97 Å². The Morgan fingerprint density at radius 1 is 1.50 bits per heavy atom. The molecule has 0 aromatic rings. The second-order valence-corrected chi connectivity index (χ2v) is 4.52. The Morgan fingerprint density at radius 3 is 2.64 bits per heavy atom. The third kappa shape index (κ3) is 0.916. The third-order valence-electron chi connectivity index (χ3n) is 4.07. The normalized spacial score (nSPS) is 41.2. The number of carboxylic acid groups (broad SMARTS) is 1. The highest BCUT2D eigenvalue weighted by Gasteiger charge is 2.82. The number of alkyl halides is 2. The van der Waals surface area contributed by atoms with E-state index >= 15 is 0 Å². The zero-order valence-electron chi connectivity index (χ0n) is 8.09. The second kappa shape index (κ2) is 2.67. The lowest BCUT2D eigenvalue weighted by Gasteiger charge is -2.23. The number of hydrogen-bond donors (Lipinski definition) is 1. The first-order chi connectivity index (χ1) is 6.44. The van der Waals surface area contributed by atoms with Crippen LogP contribution >= 0.6 is 0 Å². The molecule has 0 heterocycles. The zero-order chi connectivity index (χ0) is 10.6. The van der Waals surface area contributed by atoms with E-state index in [2.05, 4.69) is 0 Å². The Balaban J connectivity index is 2.27.